The fraction of sp³-hybridized carbons (Fsp3) is 0.467. The maximum atomic E-state index is 9.94. The number of benzene rings is 1. The average molecular weight is 258 g/mol. The second kappa shape index (κ2) is 5.03. The highest BCUT2D eigenvalue weighted by molar-refractivity contribution is 5.62. The quantitative estimate of drug-likeness (QED) is 0.890. The van der Waals surface area contributed by atoms with Gasteiger partial charge in [0.05, 0.1) is 5.56 Å². The van der Waals surface area contributed by atoms with Gasteiger partial charge in [-0.3, -0.25) is 0 Å². The molecule has 4 nitrogen and oxygen atoms in total. The highest BCUT2D eigenvalue weighted by Crippen LogP contribution is 2.34. The van der Waals surface area contributed by atoms with Crippen molar-refractivity contribution in [2.24, 2.45) is 0 Å². The first-order valence-corrected chi connectivity index (χ1v) is 6.87. The molecule has 2 aromatic rings. The first kappa shape index (κ1) is 12.2. The largest absolute Gasteiger partial charge is 0.507 e. The molecule has 0 bridgehead atoms. The van der Waals surface area contributed by atoms with Gasteiger partial charge in [-0.25, -0.2) is 0 Å². The van der Waals surface area contributed by atoms with Gasteiger partial charge in [-0.15, -0.1) is 0 Å². The van der Waals surface area contributed by atoms with Gasteiger partial charge >= 0.3 is 0 Å². The molecule has 19 heavy (non-hydrogen) atoms. The number of aromatic nitrogens is 2. The van der Waals surface area contributed by atoms with E-state index in [9.17, 15) is 5.11 Å². The summed E-state index contributed by atoms with van der Waals surface area (Å²) >= 11 is 0. The maximum absolute atomic E-state index is 9.94. The van der Waals surface area contributed by atoms with Crippen LogP contribution in [0.15, 0.2) is 22.7 Å². The second-order valence-electron chi connectivity index (χ2n) is 5.31. The van der Waals surface area contributed by atoms with Crippen molar-refractivity contribution in [2.75, 3.05) is 0 Å². The van der Waals surface area contributed by atoms with E-state index in [4.69, 9.17) is 4.52 Å². The fourth-order valence-electron chi connectivity index (χ4n) is 2.69. The summed E-state index contributed by atoms with van der Waals surface area (Å²) in [5.41, 5.74) is 1.62. The van der Waals surface area contributed by atoms with Gasteiger partial charge in [0, 0.05) is 5.92 Å². The lowest BCUT2D eigenvalue weighted by Gasteiger charge is -2.17. The van der Waals surface area contributed by atoms with Crippen LogP contribution in [-0.2, 0) is 0 Å². The third kappa shape index (κ3) is 2.48. The summed E-state index contributed by atoms with van der Waals surface area (Å²) in [6, 6.07) is 5.46. The lowest BCUT2D eigenvalue weighted by molar-refractivity contribution is 0.384. The third-order valence-electron chi connectivity index (χ3n) is 3.80. The van der Waals surface area contributed by atoms with Gasteiger partial charge in [0.2, 0.25) is 0 Å². The molecular formula is C15H18N2O2. The van der Waals surface area contributed by atoms with Gasteiger partial charge in [0.25, 0.3) is 5.89 Å². The van der Waals surface area contributed by atoms with Crippen molar-refractivity contribution in [1.82, 2.24) is 10.1 Å². The van der Waals surface area contributed by atoms with Crippen LogP contribution in [0.4, 0.5) is 0 Å². The smallest absolute Gasteiger partial charge is 0.261 e. The van der Waals surface area contributed by atoms with Crippen molar-refractivity contribution in [3.8, 4) is 17.2 Å². The molecule has 100 valence electrons. The van der Waals surface area contributed by atoms with Crippen LogP contribution in [-0.4, -0.2) is 15.2 Å². The van der Waals surface area contributed by atoms with Crippen molar-refractivity contribution < 1.29 is 9.63 Å². The molecule has 0 atom stereocenters. The normalized spacial score (nSPS) is 16.7. The van der Waals surface area contributed by atoms with E-state index in [1.807, 2.05) is 19.1 Å². The Balaban J connectivity index is 1.87. The van der Waals surface area contributed by atoms with Gasteiger partial charge in [0.1, 0.15) is 5.75 Å². The zero-order valence-electron chi connectivity index (χ0n) is 11.1. The molecule has 0 amide bonds. The Labute approximate surface area is 112 Å². The average Bonchev–Trinajstić information content (AvgIpc) is 2.89. The van der Waals surface area contributed by atoms with Gasteiger partial charge in [-0.05, 0) is 37.5 Å². The summed E-state index contributed by atoms with van der Waals surface area (Å²) in [7, 11) is 0. The van der Waals surface area contributed by atoms with Crippen LogP contribution in [0.1, 0.15) is 49.4 Å². The minimum Gasteiger partial charge on any atom is -0.507 e. The van der Waals surface area contributed by atoms with Crippen molar-refractivity contribution in [2.45, 2.75) is 44.9 Å². The highest BCUT2D eigenvalue weighted by Gasteiger charge is 2.22. The van der Waals surface area contributed by atoms with Crippen LogP contribution in [0.3, 0.4) is 0 Å². The molecule has 0 spiro atoms. The van der Waals surface area contributed by atoms with Crippen LogP contribution in [0.2, 0.25) is 0 Å². The van der Waals surface area contributed by atoms with Crippen LogP contribution < -0.4 is 0 Å². The van der Waals surface area contributed by atoms with Crippen molar-refractivity contribution in [3.05, 3.63) is 29.6 Å². The maximum Gasteiger partial charge on any atom is 0.261 e. The molecule has 1 aromatic heterocycles. The van der Waals surface area contributed by atoms with Gasteiger partial charge in [-0.1, -0.05) is 30.5 Å². The Bertz CT molecular complexity index is 571. The summed E-state index contributed by atoms with van der Waals surface area (Å²) < 4.78 is 5.30. The first-order chi connectivity index (χ1) is 9.24. The topological polar surface area (TPSA) is 59.2 Å². The van der Waals surface area contributed by atoms with E-state index >= 15 is 0 Å². The van der Waals surface area contributed by atoms with Crippen LogP contribution in [0, 0.1) is 6.92 Å². The fourth-order valence-corrected chi connectivity index (χ4v) is 2.69. The summed E-state index contributed by atoms with van der Waals surface area (Å²) in [5.74, 6) is 1.81. The van der Waals surface area contributed by atoms with Crippen molar-refractivity contribution >= 4 is 0 Å². The molecule has 4 heteroatoms. The SMILES string of the molecule is Cc1ccc(-c2nc(C3CCCCC3)no2)c(O)c1. The number of rotatable bonds is 2. The molecule has 0 aliphatic heterocycles. The van der Waals surface area contributed by atoms with E-state index in [1.165, 1.54) is 19.3 Å². The summed E-state index contributed by atoms with van der Waals surface area (Å²) in [4.78, 5) is 4.46. The van der Waals surface area contributed by atoms with Gasteiger partial charge in [0.15, 0.2) is 5.82 Å². The molecular weight excluding hydrogens is 240 g/mol. The van der Waals surface area contributed by atoms with Gasteiger partial charge < -0.3 is 9.63 Å². The zero-order chi connectivity index (χ0) is 13.2. The minimum atomic E-state index is 0.193. The van der Waals surface area contributed by atoms with E-state index in [2.05, 4.69) is 10.1 Å². The summed E-state index contributed by atoms with van der Waals surface area (Å²) in [5, 5.41) is 14.0. The molecule has 0 radical (unpaired) electrons. The number of nitrogens with zero attached hydrogens (tertiary/aromatic N) is 2. The molecule has 1 fully saturated rings. The molecule has 1 aromatic carbocycles. The Hall–Kier alpha value is -1.84. The predicted octanol–water partition coefficient (Wildman–Crippen LogP) is 3.80. The molecule has 1 saturated carbocycles. The van der Waals surface area contributed by atoms with E-state index in [0.717, 1.165) is 24.2 Å². The number of aryl methyl sites for hydroxylation is 1. The van der Waals surface area contributed by atoms with Crippen LogP contribution in [0.25, 0.3) is 11.5 Å². The standard InChI is InChI=1S/C15H18N2O2/c1-10-7-8-12(13(18)9-10)15-16-14(17-19-15)11-5-3-2-4-6-11/h7-9,11,18H,2-6H2,1H3. The summed E-state index contributed by atoms with van der Waals surface area (Å²) in [6.45, 7) is 1.94. The molecule has 1 aliphatic carbocycles. The lowest BCUT2D eigenvalue weighted by Crippen LogP contribution is -2.06. The van der Waals surface area contributed by atoms with Crippen molar-refractivity contribution in [3.63, 3.8) is 0 Å². The summed E-state index contributed by atoms with van der Waals surface area (Å²) in [6.07, 6.45) is 6.06. The highest BCUT2D eigenvalue weighted by atomic mass is 16.5. The number of phenolic OH excluding ortho intramolecular Hbond substituents is 1. The molecule has 1 aliphatic rings. The molecule has 1 heterocycles. The Morgan fingerprint density at radius 1 is 1.21 bits per heavy atom. The lowest BCUT2D eigenvalue weighted by atomic mass is 9.89. The number of hydrogen-bond acceptors (Lipinski definition) is 4. The number of hydrogen-bond donors (Lipinski definition) is 1. The van der Waals surface area contributed by atoms with Crippen molar-refractivity contribution in [1.29, 1.82) is 0 Å². The molecule has 0 saturated heterocycles. The second-order valence-corrected chi connectivity index (χ2v) is 5.31. The van der Waals surface area contributed by atoms with Crippen LogP contribution >= 0.6 is 0 Å². The predicted molar refractivity (Wildman–Crippen MR) is 72.0 cm³/mol. The third-order valence-corrected chi connectivity index (χ3v) is 3.80. The van der Waals surface area contributed by atoms with Gasteiger partial charge in [-0.2, -0.15) is 4.98 Å². The zero-order valence-corrected chi connectivity index (χ0v) is 11.1. The van der Waals surface area contributed by atoms with E-state index in [0.29, 0.717) is 17.4 Å². The Kier molecular flexibility index (Phi) is 3.23. The monoisotopic (exact) mass is 258 g/mol. The van der Waals surface area contributed by atoms with E-state index in [-0.39, 0.29) is 5.75 Å². The Morgan fingerprint density at radius 3 is 2.74 bits per heavy atom. The molecule has 3 rings (SSSR count). The first-order valence-electron chi connectivity index (χ1n) is 6.87. The number of aromatic hydroxyl groups is 1. The molecule has 0 unspecified atom stereocenters. The molecule has 1 N–H and O–H groups in total. The minimum absolute atomic E-state index is 0.193. The van der Waals surface area contributed by atoms with E-state index in [1.54, 1.807) is 6.07 Å². The number of phenols is 1. The van der Waals surface area contributed by atoms with Crippen LogP contribution in [0.5, 0.6) is 5.75 Å². The Morgan fingerprint density at radius 2 is 2.00 bits per heavy atom. The van der Waals surface area contributed by atoms with E-state index < -0.39 is 0 Å².